The molecular formula is C12H22N4O2S. The molecule has 1 aliphatic rings. The first-order chi connectivity index (χ1) is 9.00. The van der Waals surface area contributed by atoms with Crippen molar-refractivity contribution in [2.45, 2.75) is 56.0 Å². The first-order valence-electron chi connectivity index (χ1n) is 6.80. The first kappa shape index (κ1) is 14.3. The standard InChI is InChI=1S/C12H22N4O2S/c1-16-9-14-11(13)12(16)19(17,18)15-10-7-5-3-2-4-6-8-10/h9-10,15H,2-8,13H2,1H3. The summed E-state index contributed by atoms with van der Waals surface area (Å²) in [5.74, 6) is 0.0563. The number of nitrogens with zero attached hydrogens (tertiary/aromatic N) is 2. The normalized spacial score (nSPS) is 19.0. The zero-order valence-corrected chi connectivity index (χ0v) is 12.1. The number of anilines is 1. The number of hydrogen-bond donors (Lipinski definition) is 2. The van der Waals surface area contributed by atoms with Crippen LogP contribution in [-0.2, 0) is 17.1 Å². The van der Waals surface area contributed by atoms with Gasteiger partial charge in [0, 0.05) is 13.1 Å². The predicted octanol–water partition coefficient (Wildman–Crippen LogP) is 1.39. The quantitative estimate of drug-likeness (QED) is 0.878. The number of aromatic nitrogens is 2. The summed E-state index contributed by atoms with van der Waals surface area (Å²) < 4.78 is 28.9. The summed E-state index contributed by atoms with van der Waals surface area (Å²) in [7, 11) is -1.95. The van der Waals surface area contributed by atoms with E-state index >= 15 is 0 Å². The molecule has 0 atom stereocenters. The van der Waals surface area contributed by atoms with Crippen molar-refractivity contribution in [1.82, 2.24) is 14.3 Å². The summed E-state index contributed by atoms with van der Waals surface area (Å²) in [5.41, 5.74) is 5.64. The molecule has 0 aromatic carbocycles. The van der Waals surface area contributed by atoms with Gasteiger partial charge in [0.25, 0.3) is 10.0 Å². The first-order valence-corrected chi connectivity index (χ1v) is 8.28. The molecule has 0 spiro atoms. The van der Waals surface area contributed by atoms with Crippen molar-refractivity contribution in [3.8, 4) is 0 Å². The maximum absolute atomic E-state index is 12.3. The Hall–Kier alpha value is -1.08. The van der Waals surface area contributed by atoms with E-state index < -0.39 is 10.0 Å². The van der Waals surface area contributed by atoms with E-state index in [1.165, 1.54) is 30.2 Å². The molecule has 108 valence electrons. The zero-order chi connectivity index (χ0) is 13.9. The number of nitrogen functional groups attached to an aromatic ring is 1. The smallest absolute Gasteiger partial charge is 0.260 e. The van der Waals surface area contributed by atoms with Crippen LogP contribution in [0.15, 0.2) is 11.4 Å². The Labute approximate surface area is 114 Å². The molecule has 0 aliphatic heterocycles. The van der Waals surface area contributed by atoms with Crippen molar-refractivity contribution in [3.05, 3.63) is 6.33 Å². The molecule has 3 N–H and O–H groups in total. The van der Waals surface area contributed by atoms with Gasteiger partial charge in [-0.1, -0.05) is 32.1 Å². The van der Waals surface area contributed by atoms with Gasteiger partial charge in [-0.05, 0) is 12.8 Å². The number of nitrogens with two attached hydrogens (primary N) is 1. The zero-order valence-electron chi connectivity index (χ0n) is 11.3. The van der Waals surface area contributed by atoms with Gasteiger partial charge < -0.3 is 10.3 Å². The maximum Gasteiger partial charge on any atom is 0.260 e. The van der Waals surface area contributed by atoms with Gasteiger partial charge in [-0.15, -0.1) is 0 Å². The van der Waals surface area contributed by atoms with Gasteiger partial charge in [0.2, 0.25) is 0 Å². The lowest BCUT2D eigenvalue weighted by Crippen LogP contribution is -2.36. The van der Waals surface area contributed by atoms with E-state index in [-0.39, 0.29) is 16.9 Å². The SMILES string of the molecule is Cn1cnc(N)c1S(=O)(=O)NC1CCCCCCC1. The Kier molecular flexibility index (Phi) is 4.46. The lowest BCUT2D eigenvalue weighted by Gasteiger charge is -2.21. The fourth-order valence-corrected chi connectivity index (χ4v) is 4.15. The minimum atomic E-state index is -3.58. The molecule has 1 fully saturated rings. The van der Waals surface area contributed by atoms with Crippen molar-refractivity contribution in [1.29, 1.82) is 0 Å². The number of hydrogen-bond acceptors (Lipinski definition) is 4. The molecule has 0 unspecified atom stereocenters. The topological polar surface area (TPSA) is 90.0 Å². The van der Waals surface area contributed by atoms with E-state index in [1.807, 2.05) is 0 Å². The van der Waals surface area contributed by atoms with E-state index in [0.717, 1.165) is 25.7 Å². The van der Waals surface area contributed by atoms with Crippen LogP contribution >= 0.6 is 0 Å². The molecule has 19 heavy (non-hydrogen) atoms. The fraction of sp³-hybridized carbons (Fsp3) is 0.750. The van der Waals surface area contributed by atoms with Crippen molar-refractivity contribution < 1.29 is 8.42 Å². The van der Waals surface area contributed by atoms with Gasteiger partial charge >= 0.3 is 0 Å². The third-order valence-corrected chi connectivity index (χ3v) is 5.24. The van der Waals surface area contributed by atoms with Crippen LogP contribution in [-0.4, -0.2) is 24.0 Å². The van der Waals surface area contributed by atoms with Crippen LogP contribution in [0.1, 0.15) is 44.9 Å². The minimum Gasteiger partial charge on any atom is -0.381 e. The fourth-order valence-electron chi connectivity index (χ4n) is 2.61. The average Bonchev–Trinajstić information content (AvgIpc) is 2.62. The highest BCUT2D eigenvalue weighted by atomic mass is 32.2. The molecule has 6 nitrogen and oxygen atoms in total. The van der Waals surface area contributed by atoms with Gasteiger partial charge in [-0.3, -0.25) is 0 Å². The van der Waals surface area contributed by atoms with E-state index in [0.29, 0.717) is 0 Å². The third-order valence-electron chi connectivity index (χ3n) is 3.59. The second-order valence-corrected chi connectivity index (χ2v) is 6.84. The van der Waals surface area contributed by atoms with Crippen LogP contribution in [0.2, 0.25) is 0 Å². The van der Waals surface area contributed by atoms with Crippen molar-refractivity contribution in [2.75, 3.05) is 5.73 Å². The summed E-state index contributed by atoms with van der Waals surface area (Å²) in [4.78, 5) is 3.83. The molecule has 0 radical (unpaired) electrons. The molecule has 1 aromatic heterocycles. The predicted molar refractivity (Wildman–Crippen MR) is 74.0 cm³/mol. The average molecular weight is 286 g/mol. The third kappa shape index (κ3) is 3.48. The Morgan fingerprint density at radius 3 is 2.37 bits per heavy atom. The maximum atomic E-state index is 12.3. The number of imidazole rings is 1. The highest BCUT2D eigenvalue weighted by Crippen LogP contribution is 2.21. The molecule has 1 aromatic rings. The summed E-state index contributed by atoms with van der Waals surface area (Å²) in [6, 6.07) is 0.0135. The van der Waals surface area contributed by atoms with Gasteiger partial charge in [-0.25, -0.2) is 18.1 Å². The molecule has 0 bridgehead atoms. The number of sulfonamides is 1. The highest BCUT2D eigenvalue weighted by Gasteiger charge is 2.25. The van der Waals surface area contributed by atoms with E-state index in [1.54, 1.807) is 7.05 Å². The molecule has 1 saturated carbocycles. The van der Waals surface area contributed by atoms with Crippen molar-refractivity contribution >= 4 is 15.8 Å². The van der Waals surface area contributed by atoms with Crippen LogP contribution in [0.5, 0.6) is 0 Å². The van der Waals surface area contributed by atoms with E-state index in [4.69, 9.17) is 5.73 Å². The molecule has 1 heterocycles. The number of nitrogens with one attached hydrogen (secondary N) is 1. The second-order valence-electron chi connectivity index (χ2n) is 5.21. The number of rotatable bonds is 3. The molecular weight excluding hydrogens is 264 g/mol. The van der Waals surface area contributed by atoms with Crippen molar-refractivity contribution in [3.63, 3.8) is 0 Å². The molecule has 2 rings (SSSR count). The van der Waals surface area contributed by atoms with Crippen LogP contribution in [0.3, 0.4) is 0 Å². The van der Waals surface area contributed by atoms with Gasteiger partial charge in [-0.2, -0.15) is 0 Å². The van der Waals surface area contributed by atoms with E-state index in [9.17, 15) is 8.42 Å². The molecule has 1 aliphatic carbocycles. The number of aryl methyl sites for hydroxylation is 1. The van der Waals surface area contributed by atoms with Crippen LogP contribution in [0.25, 0.3) is 0 Å². The lowest BCUT2D eigenvalue weighted by atomic mass is 9.97. The lowest BCUT2D eigenvalue weighted by molar-refractivity contribution is 0.425. The summed E-state index contributed by atoms with van der Waals surface area (Å²) in [6.45, 7) is 0. The van der Waals surface area contributed by atoms with Crippen LogP contribution in [0, 0.1) is 0 Å². The molecule has 0 saturated heterocycles. The van der Waals surface area contributed by atoms with Crippen LogP contribution < -0.4 is 10.5 Å². The van der Waals surface area contributed by atoms with Gasteiger partial charge in [0.15, 0.2) is 10.8 Å². The van der Waals surface area contributed by atoms with Gasteiger partial charge in [0.1, 0.15) is 0 Å². The monoisotopic (exact) mass is 286 g/mol. The second kappa shape index (κ2) is 5.92. The molecule has 0 amide bonds. The Morgan fingerprint density at radius 2 is 1.84 bits per heavy atom. The van der Waals surface area contributed by atoms with Crippen molar-refractivity contribution in [2.24, 2.45) is 7.05 Å². The van der Waals surface area contributed by atoms with E-state index in [2.05, 4.69) is 9.71 Å². The van der Waals surface area contributed by atoms with Gasteiger partial charge in [0.05, 0.1) is 6.33 Å². The summed E-state index contributed by atoms with van der Waals surface area (Å²) >= 11 is 0. The highest BCUT2D eigenvalue weighted by molar-refractivity contribution is 7.89. The molecule has 7 heteroatoms. The Morgan fingerprint density at radius 1 is 1.26 bits per heavy atom. The Bertz CT molecular complexity index is 496. The summed E-state index contributed by atoms with van der Waals surface area (Å²) in [6.07, 6.45) is 9.00. The minimum absolute atomic E-state index is 0.0135. The Balaban J connectivity index is 2.12. The van der Waals surface area contributed by atoms with Crippen LogP contribution in [0.4, 0.5) is 5.82 Å². The largest absolute Gasteiger partial charge is 0.381 e. The summed E-state index contributed by atoms with van der Waals surface area (Å²) in [5, 5.41) is 0.0644.